The minimum atomic E-state index is -0.0455. The molecule has 23 heavy (non-hydrogen) atoms. The summed E-state index contributed by atoms with van der Waals surface area (Å²) < 4.78 is 6.85. The molecule has 0 amide bonds. The average molecular weight is 348 g/mol. The van der Waals surface area contributed by atoms with Crippen molar-refractivity contribution in [1.82, 2.24) is 19.7 Å². The zero-order valence-electron chi connectivity index (χ0n) is 12.7. The first kappa shape index (κ1) is 15.9. The number of hydrogen-bond acceptors (Lipinski definition) is 7. The molecule has 0 aliphatic carbocycles. The van der Waals surface area contributed by atoms with Crippen LogP contribution in [0.25, 0.3) is 10.2 Å². The zero-order valence-corrected chi connectivity index (χ0v) is 14.3. The van der Waals surface area contributed by atoms with E-state index < -0.39 is 0 Å². The third kappa shape index (κ3) is 3.37. The fourth-order valence-electron chi connectivity index (χ4n) is 2.13. The Kier molecular flexibility index (Phi) is 4.92. The van der Waals surface area contributed by atoms with E-state index in [4.69, 9.17) is 4.52 Å². The zero-order chi connectivity index (χ0) is 16.2. The van der Waals surface area contributed by atoms with E-state index in [0.717, 1.165) is 17.7 Å². The summed E-state index contributed by atoms with van der Waals surface area (Å²) in [5, 5.41) is 7.09. The predicted octanol–water partition coefficient (Wildman–Crippen LogP) is 3.27. The third-order valence-corrected chi connectivity index (χ3v) is 4.94. The lowest BCUT2D eigenvalue weighted by molar-refractivity contribution is 0.384. The molecular weight excluding hydrogens is 332 g/mol. The molecule has 0 fully saturated rings. The van der Waals surface area contributed by atoms with E-state index in [2.05, 4.69) is 28.6 Å². The Labute approximate surface area is 141 Å². The smallest absolute Gasteiger partial charge is 0.263 e. The summed E-state index contributed by atoms with van der Waals surface area (Å²) in [5.74, 6) is 1.74. The fourth-order valence-corrected chi connectivity index (χ4v) is 3.78. The van der Waals surface area contributed by atoms with Gasteiger partial charge in [0.1, 0.15) is 4.83 Å². The highest BCUT2D eigenvalue weighted by molar-refractivity contribution is 7.98. The first-order valence-corrected chi connectivity index (χ1v) is 9.12. The van der Waals surface area contributed by atoms with Crippen LogP contribution in [0.1, 0.15) is 25.1 Å². The summed E-state index contributed by atoms with van der Waals surface area (Å²) >= 11 is 2.88. The van der Waals surface area contributed by atoms with Crippen LogP contribution in [-0.4, -0.2) is 19.7 Å². The Balaban J connectivity index is 1.87. The van der Waals surface area contributed by atoms with Crippen LogP contribution in [0, 0.1) is 0 Å². The molecule has 0 N–H and O–H groups in total. The standard InChI is InChI=1S/C15H16N4O2S2/c1-3-5-11-16-12(21-18-11)9-23-15-17-13-10(6-8-22-13)14(20)19(15)7-4-2/h4,6,8H,2-3,5,7,9H2,1H3. The quantitative estimate of drug-likeness (QED) is 0.371. The van der Waals surface area contributed by atoms with Gasteiger partial charge in [-0.2, -0.15) is 4.98 Å². The molecule has 0 bridgehead atoms. The number of nitrogens with zero attached hydrogens (tertiary/aromatic N) is 4. The Bertz CT molecular complexity index is 881. The van der Waals surface area contributed by atoms with E-state index in [1.807, 2.05) is 5.38 Å². The van der Waals surface area contributed by atoms with Gasteiger partial charge in [-0.25, -0.2) is 4.98 Å². The SMILES string of the molecule is C=CCn1c(SCc2nc(CCC)no2)nc2sccc2c1=O. The molecule has 3 aromatic heterocycles. The summed E-state index contributed by atoms with van der Waals surface area (Å²) in [4.78, 5) is 22.2. The number of aromatic nitrogens is 4. The van der Waals surface area contributed by atoms with Crippen molar-refractivity contribution in [2.75, 3.05) is 0 Å². The van der Waals surface area contributed by atoms with Crippen molar-refractivity contribution in [3.05, 3.63) is 46.2 Å². The molecule has 0 aliphatic heterocycles. The molecular formula is C15H16N4O2S2. The maximum Gasteiger partial charge on any atom is 0.263 e. The predicted molar refractivity (Wildman–Crippen MR) is 91.9 cm³/mol. The summed E-state index contributed by atoms with van der Waals surface area (Å²) in [6.07, 6.45) is 3.47. The van der Waals surface area contributed by atoms with E-state index >= 15 is 0 Å². The summed E-state index contributed by atoms with van der Waals surface area (Å²) in [6, 6.07) is 1.80. The molecule has 0 saturated carbocycles. The highest BCUT2D eigenvalue weighted by atomic mass is 32.2. The number of fused-ring (bicyclic) bond motifs is 1. The molecule has 0 saturated heterocycles. The molecule has 0 aliphatic rings. The van der Waals surface area contributed by atoms with Gasteiger partial charge in [0.05, 0.1) is 11.1 Å². The second-order valence-electron chi connectivity index (χ2n) is 4.88. The lowest BCUT2D eigenvalue weighted by Crippen LogP contribution is -2.22. The minimum absolute atomic E-state index is 0.0455. The van der Waals surface area contributed by atoms with Gasteiger partial charge < -0.3 is 4.52 Å². The van der Waals surface area contributed by atoms with Gasteiger partial charge in [-0.1, -0.05) is 29.9 Å². The van der Waals surface area contributed by atoms with Crippen molar-refractivity contribution in [1.29, 1.82) is 0 Å². The Morgan fingerprint density at radius 2 is 2.35 bits per heavy atom. The summed E-state index contributed by atoms with van der Waals surface area (Å²) in [7, 11) is 0. The van der Waals surface area contributed by atoms with Gasteiger partial charge in [-0.05, 0) is 17.9 Å². The van der Waals surface area contributed by atoms with Crippen LogP contribution in [0.15, 0.2) is 38.6 Å². The number of allylic oxidation sites excluding steroid dienone is 1. The summed E-state index contributed by atoms with van der Waals surface area (Å²) in [5.41, 5.74) is -0.0455. The molecule has 0 atom stereocenters. The highest BCUT2D eigenvalue weighted by Crippen LogP contribution is 2.23. The van der Waals surface area contributed by atoms with E-state index in [0.29, 0.717) is 34.6 Å². The minimum Gasteiger partial charge on any atom is -0.338 e. The first-order valence-electron chi connectivity index (χ1n) is 7.26. The van der Waals surface area contributed by atoms with Crippen LogP contribution >= 0.6 is 23.1 Å². The van der Waals surface area contributed by atoms with Gasteiger partial charge in [0.15, 0.2) is 11.0 Å². The molecule has 3 rings (SSSR count). The van der Waals surface area contributed by atoms with Crippen molar-refractivity contribution < 1.29 is 4.52 Å². The first-order chi connectivity index (χ1) is 11.2. The van der Waals surface area contributed by atoms with Crippen molar-refractivity contribution in [2.45, 2.75) is 37.2 Å². The van der Waals surface area contributed by atoms with Crippen LogP contribution in [0.3, 0.4) is 0 Å². The van der Waals surface area contributed by atoms with Crippen LogP contribution < -0.4 is 5.56 Å². The highest BCUT2D eigenvalue weighted by Gasteiger charge is 2.13. The lowest BCUT2D eigenvalue weighted by Gasteiger charge is -2.08. The molecule has 3 aromatic rings. The topological polar surface area (TPSA) is 73.8 Å². The number of hydrogen-bond donors (Lipinski definition) is 0. The lowest BCUT2D eigenvalue weighted by atomic mass is 10.3. The maximum atomic E-state index is 12.5. The van der Waals surface area contributed by atoms with Gasteiger partial charge in [-0.3, -0.25) is 9.36 Å². The molecule has 120 valence electrons. The second-order valence-corrected chi connectivity index (χ2v) is 6.72. The molecule has 8 heteroatoms. The van der Waals surface area contributed by atoms with Gasteiger partial charge >= 0.3 is 0 Å². The number of thiophene rings is 1. The molecule has 0 unspecified atom stereocenters. The van der Waals surface area contributed by atoms with Crippen molar-refractivity contribution in [2.24, 2.45) is 0 Å². The Morgan fingerprint density at radius 1 is 1.48 bits per heavy atom. The molecule has 6 nitrogen and oxygen atoms in total. The van der Waals surface area contributed by atoms with E-state index in [-0.39, 0.29) is 5.56 Å². The third-order valence-electron chi connectivity index (χ3n) is 3.17. The number of aryl methyl sites for hydroxylation is 1. The summed E-state index contributed by atoms with van der Waals surface area (Å²) in [6.45, 7) is 6.20. The van der Waals surface area contributed by atoms with Crippen LogP contribution in [0.5, 0.6) is 0 Å². The molecule has 0 radical (unpaired) electrons. The monoisotopic (exact) mass is 348 g/mol. The van der Waals surface area contributed by atoms with Gasteiger partial charge in [0.25, 0.3) is 5.56 Å². The number of rotatable bonds is 7. The second kappa shape index (κ2) is 7.10. The maximum absolute atomic E-state index is 12.5. The molecule has 0 spiro atoms. The largest absolute Gasteiger partial charge is 0.338 e. The molecule has 3 heterocycles. The van der Waals surface area contributed by atoms with Crippen LogP contribution in [-0.2, 0) is 18.7 Å². The van der Waals surface area contributed by atoms with Crippen molar-refractivity contribution in [3.8, 4) is 0 Å². The van der Waals surface area contributed by atoms with E-state index in [1.165, 1.54) is 23.1 Å². The van der Waals surface area contributed by atoms with Crippen molar-refractivity contribution >= 4 is 33.3 Å². The normalized spacial score (nSPS) is 11.2. The van der Waals surface area contributed by atoms with Crippen LogP contribution in [0.2, 0.25) is 0 Å². The van der Waals surface area contributed by atoms with E-state index in [1.54, 1.807) is 16.7 Å². The molecule has 0 aromatic carbocycles. The van der Waals surface area contributed by atoms with Gasteiger partial charge in [-0.15, -0.1) is 17.9 Å². The Hall–Kier alpha value is -1.93. The van der Waals surface area contributed by atoms with Gasteiger partial charge in [0.2, 0.25) is 5.89 Å². The fraction of sp³-hybridized carbons (Fsp3) is 0.333. The van der Waals surface area contributed by atoms with Crippen LogP contribution in [0.4, 0.5) is 0 Å². The Morgan fingerprint density at radius 3 is 3.13 bits per heavy atom. The van der Waals surface area contributed by atoms with Gasteiger partial charge in [0, 0.05) is 13.0 Å². The van der Waals surface area contributed by atoms with Crippen molar-refractivity contribution in [3.63, 3.8) is 0 Å². The number of thioether (sulfide) groups is 1. The average Bonchev–Trinajstić information content (AvgIpc) is 3.18. The van der Waals surface area contributed by atoms with E-state index in [9.17, 15) is 4.79 Å².